The van der Waals surface area contributed by atoms with E-state index in [0.717, 1.165) is 0 Å². The van der Waals surface area contributed by atoms with Gasteiger partial charge in [0.15, 0.2) is 0 Å². The number of aliphatic hydroxyl groups is 3. The van der Waals surface area contributed by atoms with Gasteiger partial charge in [-0.15, -0.1) is 0 Å². The Morgan fingerprint density at radius 1 is 1.27 bits per heavy atom. The number of aliphatic hydroxyl groups excluding tert-OH is 3. The molecule has 4 nitrogen and oxygen atoms in total. The van der Waals surface area contributed by atoms with Gasteiger partial charge in [-0.05, 0) is 11.6 Å². The van der Waals surface area contributed by atoms with Crippen LogP contribution < -0.4 is 4.74 Å². The zero-order valence-electron chi connectivity index (χ0n) is 8.42. The molecular formula is C11H14O4. The topological polar surface area (TPSA) is 69.9 Å². The Hall–Kier alpha value is -1.10. The van der Waals surface area contributed by atoms with Crippen molar-refractivity contribution in [1.82, 2.24) is 0 Å². The van der Waals surface area contributed by atoms with Gasteiger partial charge in [-0.1, -0.05) is 12.1 Å². The maximum Gasteiger partial charge on any atom is 0.125 e. The zero-order valence-corrected chi connectivity index (χ0v) is 8.42. The lowest BCUT2D eigenvalue weighted by atomic mass is 9.85. The first-order valence-corrected chi connectivity index (χ1v) is 4.86. The summed E-state index contributed by atoms with van der Waals surface area (Å²) in [5.41, 5.74) is 1.12. The van der Waals surface area contributed by atoms with Crippen molar-refractivity contribution >= 4 is 0 Å². The first-order valence-electron chi connectivity index (χ1n) is 4.86. The van der Waals surface area contributed by atoms with Crippen molar-refractivity contribution in [2.24, 2.45) is 0 Å². The van der Waals surface area contributed by atoms with E-state index in [1.54, 1.807) is 18.2 Å². The minimum absolute atomic E-state index is 0.154. The van der Waals surface area contributed by atoms with Gasteiger partial charge in [0, 0.05) is 12.0 Å². The minimum Gasteiger partial charge on any atom is -0.496 e. The van der Waals surface area contributed by atoms with Crippen LogP contribution in [0, 0.1) is 0 Å². The van der Waals surface area contributed by atoms with Crippen LogP contribution in [0.1, 0.15) is 29.8 Å². The van der Waals surface area contributed by atoms with E-state index in [4.69, 9.17) is 4.74 Å². The molecule has 0 spiro atoms. The molecule has 0 bridgehead atoms. The highest BCUT2D eigenvalue weighted by molar-refractivity contribution is 5.45. The summed E-state index contributed by atoms with van der Waals surface area (Å²) in [6.07, 6.45) is -2.52. The molecule has 0 fully saturated rings. The Balaban J connectivity index is 2.55. The van der Waals surface area contributed by atoms with Crippen LogP contribution in [0.15, 0.2) is 18.2 Å². The molecule has 1 aliphatic rings. The predicted octanol–water partition coefficient (Wildman–Crippen LogP) is 0.527. The minimum atomic E-state index is -0.987. The molecule has 3 N–H and O–H groups in total. The van der Waals surface area contributed by atoms with Crippen LogP contribution in [-0.2, 0) is 0 Å². The molecule has 0 radical (unpaired) electrons. The Labute approximate surface area is 87.7 Å². The molecule has 0 aromatic heterocycles. The average molecular weight is 210 g/mol. The molecule has 4 heteroatoms. The summed E-state index contributed by atoms with van der Waals surface area (Å²) in [5.74, 6) is 0.498. The first-order chi connectivity index (χ1) is 7.15. The number of hydrogen-bond acceptors (Lipinski definition) is 4. The summed E-state index contributed by atoms with van der Waals surface area (Å²) in [7, 11) is 1.50. The highest BCUT2D eigenvalue weighted by Crippen LogP contribution is 2.40. The summed E-state index contributed by atoms with van der Waals surface area (Å²) in [6.45, 7) is 0. The largest absolute Gasteiger partial charge is 0.496 e. The van der Waals surface area contributed by atoms with Crippen LogP contribution in [0.2, 0.25) is 0 Å². The van der Waals surface area contributed by atoms with Gasteiger partial charge in [0.25, 0.3) is 0 Å². The van der Waals surface area contributed by atoms with E-state index in [9.17, 15) is 15.3 Å². The van der Waals surface area contributed by atoms with Gasteiger partial charge >= 0.3 is 0 Å². The van der Waals surface area contributed by atoms with E-state index >= 15 is 0 Å². The molecule has 0 heterocycles. The van der Waals surface area contributed by atoms with Crippen molar-refractivity contribution in [3.8, 4) is 5.75 Å². The van der Waals surface area contributed by atoms with Crippen molar-refractivity contribution in [2.75, 3.05) is 7.11 Å². The van der Waals surface area contributed by atoms with E-state index < -0.39 is 18.3 Å². The van der Waals surface area contributed by atoms with E-state index in [-0.39, 0.29) is 6.42 Å². The van der Waals surface area contributed by atoms with E-state index in [1.165, 1.54) is 7.11 Å². The van der Waals surface area contributed by atoms with Crippen LogP contribution in [-0.4, -0.2) is 28.5 Å². The smallest absolute Gasteiger partial charge is 0.125 e. The van der Waals surface area contributed by atoms with Crippen LogP contribution in [0.25, 0.3) is 0 Å². The van der Waals surface area contributed by atoms with Crippen LogP contribution in [0.4, 0.5) is 0 Å². The fraction of sp³-hybridized carbons (Fsp3) is 0.455. The second-order valence-corrected chi connectivity index (χ2v) is 3.73. The Bertz CT molecular complexity index is 364. The summed E-state index contributed by atoms with van der Waals surface area (Å²) in [5, 5.41) is 29.1. The molecule has 15 heavy (non-hydrogen) atoms. The van der Waals surface area contributed by atoms with Crippen LogP contribution in [0.3, 0.4) is 0 Å². The number of benzene rings is 1. The molecular weight excluding hydrogens is 196 g/mol. The van der Waals surface area contributed by atoms with Crippen molar-refractivity contribution < 1.29 is 20.1 Å². The number of rotatable bonds is 1. The quantitative estimate of drug-likeness (QED) is 0.632. The second-order valence-electron chi connectivity index (χ2n) is 3.73. The lowest BCUT2D eigenvalue weighted by Gasteiger charge is -2.31. The van der Waals surface area contributed by atoms with E-state index in [0.29, 0.717) is 16.9 Å². The SMILES string of the molecule is COc1cccc2c1C(O)C(O)CC2O. The second kappa shape index (κ2) is 3.81. The maximum absolute atomic E-state index is 9.82. The lowest BCUT2D eigenvalue weighted by Crippen LogP contribution is -2.28. The lowest BCUT2D eigenvalue weighted by molar-refractivity contribution is -0.0299. The molecule has 0 aliphatic heterocycles. The van der Waals surface area contributed by atoms with Crippen molar-refractivity contribution in [3.63, 3.8) is 0 Å². The van der Waals surface area contributed by atoms with Crippen molar-refractivity contribution in [2.45, 2.75) is 24.7 Å². The van der Waals surface area contributed by atoms with Gasteiger partial charge in [-0.25, -0.2) is 0 Å². The first kappa shape index (κ1) is 10.4. The molecule has 0 saturated heterocycles. The van der Waals surface area contributed by atoms with Gasteiger partial charge < -0.3 is 20.1 Å². The van der Waals surface area contributed by atoms with Gasteiger partial charge in [0.2, 0.25) is 0 Å². The molecule has 1 aromatic carbocycles. The number of fused-ring (bicyclic) bond motifs is 1. The summed E-state index contributed by atoms with van der Waals surface area (Å²) >= 11 is 0. The van der Waals surface area contributed by atoms with Crippen molar-refractivity contribution in [1.29, 1.82) is 0 Å². The number of methoxy groups -OCH3 is 1. The highest BCUT2D eigenvalue weighted by Gasteiger charge is 2.33. The normalized spacial score (nSPS) is 29.7. The molecule has 0 amide bonds. The molecule has 82 valence electrons. The zero-order chi connectivity index (χ0) is 11.0. The fourth-order valence-electron chi connectivity index (χ4n) is 2.02. The third-order valence-electron chi connectivity index (χ3n) is 2.80. The Kier molecular flexibility index (Phi) is 2.65. The third kappa shape index (κ3) is 1.61. The standard InChI is InChI=1S/C11H14O4/c1-15-9-4-2-3-6-7(12)5-8(13)11(14)10(6)9/h2-4,7-8,11-14H,5H2,1H3. The van der Waals surface area contributed by atoms with Gasteiger partial charge in [-0.3, -0.25) is 0 Å². The van der Waals surface area contributed by atoms with Crippen molar-refractivity contribution in [3.05, 3.63) is 29.3 Å². The molecule has 3 unspecified atom stereocenters. The summed E-state index contributed by atoms with van der Waals surface area (Å²) < 4.78 is 5.10. The molecule has 2 rings (SSSR count). The Morgan fingerprint density at radius 2 is 2.00 bits per heavy atom. The van der Waals surface area contributed by atoms with Gasteiger partial charge in [0.1, 0.15) is 11.9 Å². The van der Waals surface area contributed by atoms with Crippen LogP contribution >= 0.6 is 0 Å². The highest BCUT2D eigenvalue weighted by atomic mass is 16.5. The predicted molar refractivity (Wildman–Crippen MR) is 53.5 cm³/mol. The summed E-state index contributed by atoms with van der Waals surface area (Å²) in [6, 6.07) is 5.19. The van der Waals surface area contributed by atoms with E-state index in [1.807, 2.05) is 0 Å². The Morgan fingerprint density at radius 3 is 2.67 bits per heavy atom. The number of hydrogen-bond donors (Lipinski definition) is 3. The third-order valence-corrected chi connectivity index (χ3v) is 2.80. The van der Waals surface area contributed by atoms with Gasteiger partial charge in [-0.2, -0.15) is 0 Å². The average Bonchev–Trinajstić information content (AvgIpc) is 2.25. The number of ether oxygens (including phenoxy) is 1. The molecule has 0 saturated carbocycles. The molecule has 3 atom stereocenters. The fourth-order valence-corrected chi connectivity index (χ4v) is 2.02. The molecule has 1 aromatic rings. The summed E-state index contributed by atoms with van der Waals surface area (Å²) in [4.78, 5) is 0. The van der Waals surface area contributed by atoms with Crippen LogP contribution in [0.5, 0.6) is 5.75 Å². The monoisotopic (exact) mass is 210 g/mol. The van der Waals surface area contributed by atoms with Gasteiger partial charge in [0.05, 0.1) is 19.3 Å². The molecule has 1 aliphatic carbocycles. The maximum atomic E-state index is 9.82. The van der Waals surface area contributed by atoms with E-state index in [2.05, 4.69) is 0 Å².